The van der Waals surface area contributed by atoms with Crippen molar-refractivity contribution in [2.45, 2.75) is 41.0 Å². The van der Waals surface area contributed by atoms with Crippen molar-refractivity contribution in [1.29, 1.82) is 0 Å². The molecule has 0 bridgehead atoms. The van der Waals surface area contributed by atoms with Crippen molar-refractivity contribution >= 4 is 0 Å². The summed E-state index contributed by atoms with van der Waals surface area (Å²) in [6.45, 7) is 13.0. The third-order valence-corrected chi connectivity index (χ3v) is 1.15. The molecule has 69 valence electrons. The SMILES string of the molecule is CCCN(C)CC.C[C](C)C. The normalized spacial score (nSPS) is 9.82. The van der Waals surface area contributed by atoms with E-state index in [0.29, 0.717) is 0 Å². The van der Waals surface area contributed by atoms with Gasteiger partial charge in [-0.15, -0.1) is 0 Å². The standard InChI is InChI=1S/C6H15N.C4H9/c1-4-6-7(3)5-2;1-4(2)3/h4-6H2,1-3H3;1-3H3. The molecular weight excluding hydrogens is 134 g/mol. The molecule has 0 fully saturated rings. The summed E-state index contributed by atoms with van der Waals surface area (Å²) in [7, 11) is 2.14. The van der Waals surface area contributed by atoms with Gasteiger partial charge in [-0.1, -0.05) is 34.6 Å². The Morgan fingerprint density at radius 1 is 1.09 bits per heavy atom. The maximum absolute atomic E-state index is 2.31. The van der Waals surface area contributed by atoms with E-state index in [1.165, 1.54) is 25.4 Å². The quantitative estimate of drug-likeness (QED) is 0.610. The molecule has 0 N–H and O–H groups in total. The highest BCUT2D eigenvalue weighted by atomic mass is 15.1. The summed E-state index contributed by atoms with van der Waals surface area (Å²) in [5.41, 5.74) is 0. The Hall–Kier alpha value is -0.0400. The van der Waals surface area contributed by atoms with Gasteiger partial charge < -0.3 is 4.90 Å². The van der Waals surface area contributed by atoms with Crippen LogP contribution in [0.15, 0.2) is 0 Å². The Morgan fingerprint density at radius 2 is 1.45 bits per heavy atom. The maximum atomic E-state index is 2.31. The molecule has 0 aliphatic heterocycles. The first kappa shape index (κ1) is 13.5. The lowest BCUT2D eigenvalue weighted by Gasteiger charge is -2.10. The van der Waals surface area contributed by atoms with Crippen molar-refractivity contribution < 1.29 is 0 Å². The minimum Gasteiger partial charge on any atom is -0.307 e. The average Bonchev–Trinajstić information content (AvgIpc) is 1.87. The van der Waals surface area contributed by atoms with Crippen molar-refractivity contribution in [3.8, 4) is 0 Å². The fourth-order valence-corrected chi connectivity index (χ4v) is 0.540. The molecule has 0 aliphatic rings. The Balaban J connectivity index is 0. The van der Waals surface area contributed by atoms with Crippen molar-refractivity contribution in [2.24, 2.45) is 0 Å². The summed E-state index contributed by atoms with van der Waals surface area (Å²) in [5.74, 6) is 1.42. The van der Waals surface area contributed by atoms with E-state index in [0.717, 1.165) is 0 Å². The van der Waals surface area contributed by atoms with Crippen LogP contribution in [-0.4, -0.2) is 25.0 Å². The van der Waals surface area contributed by atoms with Gasteiger partial charge in [0.1, 0.15) is 0 Å². The highest BCUT2D eigenvalue weighted by molar-refractivity contribution is 4.65. The van der Waals surface area contributed by atoms with Crippen molar-refractivity contribution in [3.05, 3.63) is 5.92 Å². The lowest BCUT2D eigenvalue weighted by atomic mass is 10.3. The molecule has 0 rings (SSSR count). The molecule has 1 nitrogen and oxygen atoms in total. The van der Waals surface area contributed by atoms with Gasteiger partial charge in [-0.25, -0.2) is 0 Å². The fourth-order valence-electron chi connectivity index (χ4n) is 0.540. The Bertz CT molecular complexity index is 57.1. The van der Waals surface area contributed by atoms with Crippen molar-refractivity contribution in [2.75, 3.05) is 20.1 Å². The maximum Gasteiger partial charge on any atom is -0.00245 e. The highest BCUT2D eigenvalue weighted by Crippen LogP contribution is 1.85. The van der Waals surface area contributed by atoms with Gasteiger partial charge in [-0.3, -0.25) is 0 Å². The van der Waals surface area contributed by atoms with E-state index in [1.54, 1.807) is 0 Å². The predicted octanol–water partition coefficient (Wildman–Crippen LogP) is 2.97. The summed E-state index contributed by atoms with van der Waals surface area (Å²) in [5, 5.41) is 0. The van der Waals surface area contributed by atoms with Crippen LogP contribution in [-0.2, 0) is 0 Å². The monoisotopic (exact) mass is 158 g/mol. The van der Waals surface area contributed by atoms with Crippen LogP contribution >= 0.6 is 0 Å². The van der Waals surface area contributed by atoms with Gasteiger partial charge in [0.2, 0.25) is 0 Å². The molecule has 0 aromatic heterocycles. The molecule has 0 aliphatic carbocycles. The van der Waals surface area contributed by atoms with Gasteiger partial charge in [0.25, 0.3) is 0 Å². The fraction of sp³-hybridized carbons (Fsp3) is 0.900. The van der Waals surface area contributed by atoms with Crippen LogP contribution in [0.25, 0.3) is 0 Å². The first-order valence-corrected chi connectivity index (χ1v) is 4.49. The summed E-state index contributed by atoms with van der Waals surface area (Å²) in [6.07, 6.45) is 1.27. The summed E-state index contributed by atoms with van der Waals surface area (Å²) in [6, 6.07) is 0. The van der Waals surface area contributed by atoms with E-state index in [2.05, 4.69) is 46.6 Å². The largest absolute Gasteiger partial charge is 0.307 e. The molecule has 0 saturated heterocycles. The van der Waals surface area contributed by atoms with E-state index in [9.17, 15) is 0 Å². The van der Waals surface area contributed by atoms with Crippen LogP contribution in [0.5, 0.6) is 0 Å². The van der Waals surface area contributed by atoms with E-state index in [4.69, 9.17) is 0 Å². The summed E-state index contributed by atoms with van der Waals surface area (Å²) < 4.78 is 0. The molecule has 0 spiro atoms. The van der Waals surface area contributed by atoms with Crippen LogP contribution < -0.4 is 0 Å². The second-order valence-electron chi connectivity index (χ2n) is 3.40. The van der Waals surface area contributed by atoms with Gasteiger partial charge in [0, 0.05) is 0 Å². The minimum atomic E-state index is 1.17. The van der Waals surface area contributed by atoms with Gasteiger partial charge in [-0.2, -0.15) is 0 Å². The lowest BCUT2D eigenvalue weighted by Crippen LogP contribution is -2.17. The Morgan fingerprint density at radius 3 is 1.55 bits per heavy atom. The smallest absolute Gasteiger partial charge is 0.00245 e. The number of nitrogens with zero attached hydrogens (tertiary/aromatic N) is 1. The van der Waals surface area contributed by atoms with Crippen molar-refractivity contribution in [1.82, 2.24) is 4.90 Å². The number of hydrogen-bond acceptors (Lipinski definition) is 1. The molecule has 11 heavy (non-hydrogen) atoms. The molecule has 0 unspecified atom stereocenters. The lowest BCUT2D eigenvalue weighted by molar-refractivity contribution is 0.353. The molecule has 0 atom stereocenters. The van der Waals surface area contributed by atoms with Crippen molar-refractivity contribution in [3.63, 3.8) is 0 Å². The zero-order valence-corrected chi connectivity index (χ0v) is 9.07. The molecule has 1 radical (unpaired) electrons. The van der Waals surface area contributed by atoms with Gasteiger partial charge in [0.05, 0.1) is 0 Å². The average molecular weight is 158 g/mol. The molecule has 1 heteroatoms. The van der Waals surface area contributed by atoms with E-state index >= 15 is 0 Å². The van der Waals surface area contributed by atoms with Crippen LogP contribution in [0.4, 0.5) is 0 Å². The van der Waals surface area contributed by atoms with Gasteiger partial charge >= 0.3 is 0 Å². The molecule has 0 amide bonds. The van der Waals surface area contributed by atoms with Gasteiger partial charge in [-0.05, 0) is 32.5 Å². The second-order valence-corrected chi connectivity index (χ2v) is 3.40. The zero-order chi connectivity index (χ0) is 9.28. The Labute approximate surface area is 72.8 Å². The van der Waals surface area contributed by atoms with Crippen LogP contribution in [0.1, 0.15) is 41.0 Å². The third kappa shape index (κ3) is 25.7. The minimum absolute atomic E-state index is 1.17. The molecule has 0 aromatic rings. The summed E-state index contributed by atoms with van der Waals surface area (Å²) >= 11 is 0. The van der Waals surface area contributed by atoms with E-state index < -0.39 is 0 Å². The van der Waals surface area contributed by atoms with Crippen LogP contribution in [0.2, 0.25) is 0 Å². The summed E-state index contributed by atoms with van der Waals surface area (Å²) in [4.78, 5) is 2.31. The van der Waals surface area contributed by atoms with E-state index in [1.807, 2.05) is 0 Å². The predicted molar refractivity (Wildman–Crippen MR) is 53.7 cm³/mol. The Kier molecular flexibility index (Phi) is 12.3. The number of rotatable bonds is 3. The first-order chi connectivity index (χ1) is 5.04. The topological polar surface area (TPSA) is 3.24 Å². The molecular formula is C10H24N. The van der Waals surface area contributed by atoms with Gasteiger partial charge in [0.15, 0.2) is 0 Å². The highest BCUT2D eigenvalue weighted by Gasteiger charge is 1.86. The first-order valence-electron chi connectivity index (χ1n) is 4.49. The third-order valence-electron chi connectivity index (χ3n) is 1.15. The molecule has 0 heterocycles. The van der Waals surface area contributed by atoms with E-state index in [-0.39, 0.29) is 0 Å². The molecule has 0 aromatic carbocycles. The van der Waals surface area contributed by atoms with Crippen LogP contribution in [0.3, 0.4) is 0 Å². The zero-order valence-electron chi connectivity index (χ0n) is 9.07. The second kappa shape index (κ2) is 9.96. The number of hydrogen-bond donors (Lipinski definition) is 0. The molecule has 0 saturated carbocycles. The van der Waals surface area contributed by atoms with Crippen LogP contribution in [0, 0.1) is 5.92 Å².